The third-order valence-electron chi connectivity index (χ3n) is 3.79. The zero-order valence-electron chi connectivity index (χ0n) is 13.0. The molecule has 0 atom stereocenters. The quantitative estimate of drug-likeness (QED) is 0.495. The van der Waals surface area contributed by atoms with Crippen LogP contribution in [0.4, 0.5) is 0 Å². The maximum absolute atomic E-state index is 12.6. The minimum absolute atomic E-state index is 0.0347. The number of hydrogen-bond acceptors (Lipinski definition) is 4. The first kappa shape index (κ1) is 15.6. The third-order valence-corrected chi connectivity index (χ3v) is 3.79. The van der Waals surface area contributed by atoms with Gasteiger partial charge in [0.15, 0.2) is 11.6 Å². The fraction of sp³-hybridized carbons (Fsp3) is 0.0500. The Labute approximate surface area is 139 Å². The number of carbonyl (C=O) groups excluding carboxylic acids is 3. The highest BCUT2D eigenvalue weighted by Crippen LogP contribution is 2.29. The van der Waals surface area contributed by atoms with Crippen molar-refractivity contribution in [3.05, 3.63) is 88.5 Å². The molecule has 4 heteroatoms. The molecule has 24 heavy (non-hydrogen) atoms. The van der Waals surface area contributed by atoms with Crippen molar-refractivity contribution >= 4 is 23.6 Å². The van der Waals surface area contributed by atoms with E-state index < -0.39 is 17.5 Å². The second kappa shape index (κ2) is 6.46. The highest BCUT2D eigenvalue weighted by molar-refractivity contribution is 6.41. The van der Waals surface area contributed by atoms with Gasteiger partial charge >= 0.3 is 5.97 Å². The van der Waals surface area contributed by atoms with Gasteiger partial charge in [-0.05, 0) is 11.6 Å². The number of benzene rings is 2. The van der Waals surface area contributed by atoms with Gasteiger partial charge in [0.1, 0.15) is 0 Å². The summed E-state index contributed by atoms with van der Waals surface area (Å²) in [4.78, 5) is 37.2. The van der Waals surface area contributed by atoms with Gasteiger partial charge in [0, 0.05) is 11.1 Å². The van der Waals surface area contributed by atoms with E-state index in [-0.39, 0.29) is 11.1 Å². The molecular formula is C20H14O4. The van der Waals surface area contributed by atoms with Gasteiger partial charge in [0.2, 0.25) is 0 Å². The molecular weight excluding hydrogens is 304 g/mol. The van der Waals surface area contributed by atoms with Crippen LogP contribution in [-0.4, -0.2) is 24.6 Å². The summed E-state index contributed by atoms with van der Waals surface area (Å²) in [6, 6.07) is 15.8. The van der Waals surface area contributed by atoms with Gasteiger partial charge in [-0.1, -0.05) is 60.7 Å². The van der Waals surface area contributed by atoms with Crippen LogP contribution in [0.2, 0.25) is 0 Å². The molecule has 0 amide bonds. The molecule has 0 unspecified atom stereocenters. The highest BCUT2D eigenvalue weighted by atomic mass is 16.5. The van der Waals surface area contributed by atoms with Gasteiger partial charge in [-0.3, -0.25) is 9.59 Å². The Bertz CT molecular complexity index is 852. The summed E-state index contributed by atoms with van der Waals surface area (Å²) >= 11 is 0. The van der Waals surface area contributed by atoms with Crippen LogP contribution in [0.25, 0.3) is 6.08 Å². The van der Waals surface area contributed by atoms with Gasteiger partial charge in [-0.2, -0.15) is 0 Å². The van der Waals surface area contributed by atoms with Crippen molar-refractivity contribution in [2.45, 2.75) is 0 Å². The number of allylic oxidation sites excluding steroid dienone is 1. The molecule has 1 aliphatic rings. The number of fused-ring (bicyclic) bond motifs is 1. The normalized spacial score (nSPS) is 13.3. The second-order valence-corrected chi connectivity index (χ2v) is 5.23. The number of methoxy groups -OCH3 is 1. The van der Waals surface area contributed by atoms with E-state index in [0.717, 1.165) is 5.56 Å². The first-order valence-electron chi connectivity index (χ1n) is 7.37. The lowest BCUT2D eigenvalue weighted by molar-refractivity contribution is -0.135. The summed E-state index contributed by atoms with van der Waals surface area (Å²) < 4.78 is 4.76. The summed E-state index contributed by atoms with van der Waals surface area (Å²) in [7, 11) is 1.22. The van der Waals surface area contributed by atoms with Crippen LogP contribution in [0.1, 0.15) is 26.3 Å². The highest BCUT2D eigenvalue weighted by Gasteiger charge is 2.36. The Kier molecular flexibility index (Phi) is 4.20. The Hall–Kier alpha value is -3.27. The molecule has 0 saturated carbocycles. The molecule has 0 bridgehead atoms. The van der Waals surface area contributed by atoms with Crippen molar-refractivity contribution in [3.8, 4) is 0 Å². The van der Waals surface area contributed by atoms with Crippen LogP contribution in [0.5, 0.6) is 0 Å². The van der Waals surface area contributed by atoms with Gasteiger partial charge < -0.3 is 4.74 Å². The van der Waals surface area contributed by atoms with Gasteiger partial charge in [0.05, 0.1) is 18.3 Å². The second-order valence-electron chi connectivity index (χ2n) is 5.23. The zero-order valence-corrected chi connectivity index (χ0v) is 13.0. The molecule has 0 N–H and O–H groups in total. The van der Waals surface area contributed by atoms with E-state index in [2.05, 4.69) is 0 Å². The van der Waals surface area contributed by atoms with Crippen LogP contribution in [-0.2, 0) is 9.53 Å². The Morgan fingerprint density at radius 2 is 1.42 bits per heavy atom. The molecule has 2 aromatic carbocycles. The van der Waals surface area contributed by atoms with E-state index in [1.54, 1.807) is 30.3 Å². The lowest BCUT2D eigenvalue weighted by atomic mass is 10.0. The molecule has 2 aromatic rings. The maximum atomic E-state index is 12.6. The summed E-state index contributed by atoms with van der Waals surface area (Å²) in [6.07, 6.45) is 3.13. The predicted octanol–water partition coefficient (Wildman–Crippen LogP) is 3.25. The third kappa shape index (κ3) is 2.70. The molecule has 0 spiro atoms. The summed E-state index contributed by atoms with van der Waals surface area (Å²) in [5, 5.41) is 0. The average Bonchev–Trinajstić information content (AvgIpc) is 2.88. The minimum atomic E-state index is -0.716. The summed E-state index contributed by atoms with van der Waals surface area (Å²) in [5.41, 5.74) is 1.29. The Balaban J connectivity index is 2.11. The largest absolute Gasteiger partial charge is 0.465 e. The molecule has 0 saturated heterocycles. The number of ether oxygens (including phenoxy) is 1. The molecule has 3 rings (SSSR count). The van der Waals surface area contributed by atoms with Crippen LogP contribution in [0.3, 0.4) is 0 Å². The number of hydrogen-bond donors (Lipinski definition) is 0. The summed E-state index contributed by atoms with van der Waals surface area (Å²) in [5.74, 6) is -1.62. The fourth-order valence-electron chi connectivity index (χ4n) is 2.60. The van der Waals surface area contributed by atoms with Crippen molar-refractivity contribution < 1.29 is 19.1 Å². The topological polar surface area (TPSA) is 60.4 Å². The molecule has 0 aliphatic heterocycles. The molecule has 1 aliphatic carbocycles. The molecule has 0 fully saturated rings. The molecule has 0 aromatic heterocycles. The minimum Gasteiger partial charge on any atom is -0.465 e. The van der Waals surface area contributed by atoms with Crippen LogP contribution < -0.4 is 0 Å². The van der Waals surface area contributed by atoms with E-state index in [4.69, 9.17) is 4.74 Å². The van der Waals surface area contributed by atoms with Crippen molar-refractivity contribution in [3.63, 3.8) is 0 Å². The van der Waals surface area contributed by atoms with E-state index >= 15 is 0 Å². The van der Waals surface area contributed by atoms with Crippen LogP contribution in [0.15, 0.2) is 71.8 Å². The monoisotopic (exact) mass is 318 g/mol. The standard InChI is InChI=1S/C20H14O4/c1-24-20(23)16(12-11-13-7-3-2-4-8-13)17-18(21)14-9-5-6-10-15(14)19(17)22/h2-12H,1H3/b12-11+. The van der Waals surface area contributed by atoms with Crippen molar-refractivity contribution in [2.24, 2.45) is 0 Å². The van der Waals surface area contributed by atoms with Gasteiger partial charge in [-0.15, -0.1) is 0 Å². The molecule has 118 valence electrons. The average molecular weight is 318 g/mol. The first-order valence-corrected chi connectivity index (χ1v) is 7.37. The van der Waals surface area contributed by atoms with E-state index in [9.17, 15) is 14.4 Å². The van der Waals surface area contributed by atoms with E-state index in [0.29, 0.717) is 11.1 Å². The summed E-state index contributed by atoms with van der Waals surface area (Å²) in [6.45, 7) is 0. The Morgan fingerprint density at radius 3 is 1.96 bits per heavy atom. The lowest BCUT2D eigenvalue weighted by Crippen LogP contribution is -2.12. The predicted molar refractivity (Wildman–Crippen MR) is 89.6 cm³/mol. The number of esters is 1. The number of rotatable bonds is 3. The molecule has 0 heterocycles. The zero-order chi connectivity index (χ0) is 17.1. The maximum Gasteiger partial charge on any atom is 0.338 e. The number of Topliss-reactive ketones (excluding diaryl/α,β-unsaturated/α-hetero) is 2. The lowest BCUT2D eigenvalue weighted by Gasteiger charge is -2.03. The van der Waals surface area contributed by atoms with Crippen molar-refractivity contribution in [2.75, 3.05) is 7.11 Å². The molecule has 4 nitrogen and oxygen atoms in total. The van der Waals surface area contributed by atoms with E-state index in [1.807, 2.05) is 30.3 Å². The number of carbonyl (C=O) groups is 3. The van der Waals surface area contributed by atoms with Crippen LogP contribution in [0, 0.1) is 0 Å². The molecule has 0 radical (unpaired) electrons. The Morgan fingerprint density at radius 1 is 0.875 bits per heavy atom. The number of ketones is 2. The SMILES string of the molecule is COC(=O)C(/C=C/c1ccccc1)=C1C(=O)c2ccccc2C1=O. The van der Waals surface area contributed by atoms with Crippen molar-refractivity contribution in [1.82, 2.24) is 0 Å². The van der Waals surface area contributed by atoms with E-state index in [1.165, 1.54) is 13.2 Å². The van der Waals surface area contributed by atoms with Gasteiger partial charge in [-0.25, -0.2) is 4.79 Å². The fourth-order valence-corrected chi connectivity index (χ4v) is 2.60. The first-order chi connectivity index (χ1) is 11.6. The van der Waals surface area contributed by atoms with Crippen LogP contribution >= 0.6 is 0 Å². The van der Waals surface area contributed by atoms with Crippen molar-refractivity contribution in [1.29, 1.82) is 0 Å². The van der Waals surface area contributed by atoms with Gasteiger partial charge in [0.25, 0.3) is 0 Å². The smallest absolute Gasteiger partial charge is 0.338 e.